The molecule has 0 fully saturated rings. The Morgan fingerprint density at radius 2 is 1.12 bits per heavy atom. The smallest absolute Gasteiger partial charge is 0.310 e. The molecule has 2 aromatic rings. The third-order valence-corrected chi connectivity index (χ3v) is 3.81. The van der Waals surface area contributed by atoms with E-state index in [-0.39, 0.29) is 26.1 Å². The fourth-order valence-corrected chi connectivity index (χ4v) is 2.27. The van der Waals surface area contributed by atoms with Crippen LogP contribution in [0.4, 0.5) is 0 Å². The fraction of sp³-hybridized carbons (Fsp3) is 0.333. The highest BCUT2D eigenvalue weighted by molar-refractivity contribution is 5.73. The van der Waals surface area contributed by atoms with Crippen LogP contribution in [-0.4, -0.2) is 36.4 Å². The van der Waals surface area contributed by atoms with E-state index in [2.05, 4.69) is 0 Å². The molecule has 0 saturated heterocycles. The summed E-state index contributed by atoms with van der Waals surface area (Å²) in [7, 11) is 0. The highest BCUT2D eigenvalue weighted by atomic mass is 16.6. The second-order valence-corrected chi connectivity index (χ2v) is 6.34. The summed E-state index contributed by atoms with van der Waals surface area (Å²) in [5, 5.41) is 9.80. The molecule has 0 amide bonds. The molecule has 0 radical (unpaired) electrons. The molecule has 5 heteroatoms. The van der Waals surface area contributed by atoms with Crippen molar-refractivity contribution in [1.29, 1.82) is 0 Å². The van der Waals surface area contributed by atoms with Gasteiger partial charge in [-0.3, -0.25) is 9.59 Å². The van der Waals surface area contributed by atoms with Crippen molar-refractivity contribution in [3.63, 3.8) is 0 Å². The molecule has 1 N–H and O–H groups in total. The quantitative estimate of drug-likeness (QED) is 0.736. The van der Waals surface area contributed by atoms with E-state index >= 15 is 0 Å². The average Bonchev–Trinajstić information content (AvgIpc) is 2.62. The monoisotopic (exact) mass is 356 g/mol. The van der Waals surface area contributed by atoms with Crippen molar-refractivity contribution in [1.82, 2.24) is 0 Å². The van der Waals surface area contributed by atoms with Gasteiger partial charge in [-0.15, -0.1) is 0 Å². The number of rotatable bonds is 8. The maximum absolute atomic E-state index is 11.8. The molecule has 0 aliphatic heterocycles. The molecule has 138 valence electrons. The van der Waals surface area contributed by atoms with E-state index in [4.69, 9.17) is 9.47 Å². The molecular formula is C21H24O5. The van der Waals surface area contributed by atoms with Crippen molar-refractivity contribution in [2.45, 2.75) is 32.8 Å². The number of carbonyl (C=O) groups excluding carboxylic acids is 2. The number of esters is 2. The summed E-state index contributed by atoms with van der Waals surface area (Å²) in [6.07, 6.45) is -0.764. The highest BCUT2D eigenvalue weighted by Gasteiger charge is 2.13. The van der Waals surface area contributed by atoms with Gasteiger partial charge in [-0.25, -0.2) is 0 Å². The second-order valence-electron chi connectivity index (χ2n) is 6.34. The first-order chi connectivity index (χ1) is 12.4. The maximum Gasteiger partial charge on any atom is 0.310 e. The van der Waals surface area contributed by atoms with Crippen LogP contribution in [0.15, 0.2) is 48.5 Å². The van der Waals surface area contributed by atoms with Crippen molar-refractivity contribution in [3.8, 4) is 0 Å². The molecule has 0 aliphatic rings. The SMILES string of the molecule is Cc1ccc(CC(=O)OCC(O)COC(=O)Cc2ccc(C)cc2)cc1. The number of aliphatic hydroxyl groups excluding tert-OH is 1. The molecule has 0 aliphatic carbocycles. The predicted molar refractivity (Wildman–Crippen MR) is 97.7 cm³/mol. The van der Waals surface area contributed by atoms with Crippen LogP contribution in [0, 0.1) is 13.8 Å². The van der Waals surface area contributed by atoms with Crippen molar-refractivity contribution < 1.29 is 24.2 Å². The zero-order chi connectivity index (χ0) is 18.9. The Morgan fingerprint density at radius 1 is 0.769 bits per heavy atom. The minimum Gasteiger partial charge on any atom is -0.463 e. The van der Waals surface area contributed by atoms with Gasteiger partial charge >= 0.3 is 11.9 Å². The van der Waals surface area contributed by atoms with E-state index in [1.54, 1.807) is 0 Å². The van der Waals surface area contributed by atoms with Crippen LogP contribution in [0.25, 0.3) is 0 Å². The Kier molecular flexibility index (Phi) is 7.36. The van der Waals surface area contributed by atoms with Gasteiger partial charge in [0.05, 0.1) is 12.8 Å². The molecule has 0 aromatic heterocycles. The Labute approximate surface area is 153 Å². The topological polar surface area (TPSA) is 72.8 Å². The first kappa shape index (κ1) is 19.7. The summed E-state index contributed by atoms with van der Waals surface area (Å²) in [5.74, 6) is -0.863. The third-order valence-electron chi connectivity index (χ3n) is 3.81. The molecule has 0 saturated carbocycles. The Bertz CT molecular complexity index is 656. The fourth-order valence-electron chi connectivity index (χ4n) is 2.27. The number of hydrogen-bond acceptors (Lipinski definition) is 5. The summed E-state index contributed by atoms with van der Waals surface area (Å²) in [4.78, 5) is 23.5. The lowest BCUT2D eigenvalue weighted by Crippen LogP contribution is -2.26. The maximum atomic E-state index is 11.8. The van der Waals surface area contributed by atoms with Gasteiger partial charge in [0.15, 0.2) is 0 Å². The highest BCUT2D eigenvalue weighted by Crippen LogP contribution is 2.06. The zero-order valence-electron chi connectivity index (χ0n) is 15.1. The molecule has 26 heavy (non-hydrogen) atoms. The van der Waals surface area contributed by atoms with Gasteiger partial charge in [0, 0.05) is 0 Å². The normalized spacial score (nSPS) is 10.6. The Morgan fingerprint density at radius 3 is 1.46 bits per heavy atom. The number of aryl methyl sites for hydroxylation is 2. The molecule has 2 aromatic carbocycles. The lowest BCUT2D eigenvalue weighted by atomic mass is 10.1. The van der Waals surface area contributed by atoms with E-state index in [1.807, 2.05) is 62.4 Å². The summed E-state index contributed by atoms with van der Waals surface area (Å²) in [6, 6.07) is 15.1. The van der Waals surface area contributed by atoms with Crippen LogP contribution in [-0.2, 0) is 31.9 Å². The first-order valence-corrected chi connectivity index (χ1v) is 8.53. The van der Waals surface area contributed by atoms with Crippen molar-refractivity contribution in [3.05, 3.63) is 70.8 Å². The number of ether oxygens (including phenoxy) is 2. The van der Waals surface area contributed by atoms with E-state index in [1.165, 1.54) is 0 Å². The van der Waals surface area contributed by atoms with Crippen LogP contribution in [0.2, 0.25) is 0 Å². The van der Waals surface area contributed by atoms with Crippen molar-refractivity contribution in [2.24, 2.45) is 0 Å². The van der Waals surface area contributed by atoms with Crippen molar-refractivity contribution >= 4 is 11.9 Å². The predicted octanol–water partition coefficient (Wildman–Crippen LogP) is 2.54. The van der Waals surface area contributed by atoms with Crippen LogP contribution in [0.5, 0.6) is 0 Å². The molecule has 0 spiro atoms. The number of carbonyl (C=O) groups is 2. The van der Waals surface area contributed by atoms with Gasteiger partial charge in [-0.2, -0.15) is 0 Å². The van der Waals surface area contributed by atoms with E-state index < -0.39 is 18.0 Å². The third kappa shape index (κ3) is 7.07. The van der Waals surface area contributed by atoms with Gasteiger partial charge in [0.2, 0.25) is 0 Å². The van der Waals surface area contributed by atoms with Gasteiger partial charge in [-0.1, -0.05) is 59.7 Å². The van der Waals surface area contributed by atoms with E-state index in [0.29, 0.717) is 0 Å². The van der Waals surface area contributed by atoms with Crippen LogP contribution < -0.4 is 0 Å². The molecule has 2 rings (SSSR count). The van der Waals surface area contributed by atoms with Gasteiger partial charge in [0.25, 0.3) is 0 Å². The summed E-state index contributed by atoms with van der Waals surface area (Å²) < 4.78 is 10.0. The minimum atomic E-state index is -1.04. The number of hydrogen-bond donors (Lipinski definition) is 1. The molecule has 5 nitrogen and oxygen atoms in total. The summed E-state index contributed by atoms with van der Waals surface area (Å²) in [6.45, 7) is 3.53. The number of aliphatic hydroxyl groups is 1. The lowest BCUT2D eigenvalue weighted by Gasteiger charge is -2.12. The van der Waals surface area contributed by atoms with Crippen LogP contribution in [0.1, 0.15) is 22.3 Å². The Hall–Kier alpha value is -2.66. The van der Waals surface area contributed by atoms with Crippen molar-refractivity contribution in [2.75, 3.05) is 13.2 Å². The Balaban J connectivity index is 1.65. The molecule has 0 unspecified atom stereocenters. The molecule has 0 bridgehead atoms. The first-order valence-electron chi connectivity index (χ1n) is 8.53. The van der Waals surface area contributed by atoms with Gasteiger partial charge in [0.1, 0.15) is 19.3 Å². The second kappa shape index (κ2) is 9.73. The molecule has 0 heterocycles. The minimum absolute atomic E-state index is 0.139. The van der Waals surface area contributed by atoms with Crippen LogP contribution in [0.3, 0.4) is 0 Å². The number of benzene rings is 2. The van der Waals surface area contributed by atoms with Crippen LogP contribution >= 0.6 is 0 Å². The average molecular weight is 356 g/mol. The molecular weight excluding hydrogens is 332 g/mol. The molecule has 0 atom stereocenters. The zero-order valence-corrected chi connectivity index (χ0v) is 15.1. The van der Waals surface area contributed by atoms with Gasteiger partial charge < -0.3 is 14.6 Å². The standard InChI is InChI=1S/C21H24O5/c1-15-3-7-17(8-4-15)11-20(23)25-13-19(22)14-26-21(24)12-18-9-5-16(2)6-10-18/h3-10,19,22H,11-14H2,1-2H3. The van der Waals surface area contributed by atoms with E-state index in [9.17, 15) is 14.7 Å². The summed E-state index contributed by atoms with van der Waals surface area (Å²) >= 11 is 0. The van der Waals surface area contributed by atoms with Gasteiger partial charge in [-0.05, 0) is 25.0 Å². The van der Waals surface area contributed by atoms with E-state index in [0.717, 1.165) is 22.3 Å². The largest absolute Gasteiger partial charge is 0.463 e. The lowest BCUT2D eigenvalue weighted by molar-refractivity contribution is -0.151. The summed E-state index contributed by atoms with van der Waals surface area (Å²) in [5.41, 5.74) is 3.93.